The molecule has 5 aliphatic rings. The van der Waals surface area contributed by atoms with E-state index in [1.54, 1.807) is 22.7 Å². The minimum atomic E-state index is -3.76. The molecule has 5 fully saturated rings. The largest absolute Gasteiger partial charge is 0.453 e. The lowest BCUT2D eigenvalue weighted by Crippen LogP contribution is -2.51. The number of hydrogen-bond acceptors (Lipinski definition) is 13. The molecular formula is C47H52F2N10O9S. The third kappa shape index (κ3) is 9.17. The number of carbonyl (C=O) groups is 3. The van der Waals surface area contributed by atoms with E-state index >= 15 is 8.78 Å². The fourth-order valence-corrected chi connectivity index (χ4v) is 11.1. The molecule has 0 unspecified atom stereocenters. The number of rotatable bonds is 10. The van der Waals surface area contributed by atoms with Crippen molar-refractivity contribution < 1.29 is 46.2 Å². The van der Waals surface area contributed by atoms with Crippen molar-refractivity contribution in [3.63, 3.8) is 0 Å². The third-order valence-electron chi connectivity index (χ3n) is 13.7. The van der Waals surface area contributed by atoms with E-state index < -0.39 is 55.4 Å². The Labute approximate surface area is 395 Å². The van der Waals surface area contributed by atoms with Crippen molar-refractivity contribution in [2.24, 2.45) is 7.05 Å². The molecule has 1 atom stereocenters. The predicted molar refractivity (Wildman–Crippen MR) is 249 cm³/mol. The second-order valence-corrected chi connectivity index (χ2v) is 20.1. The molecule has 69 heavy (non-hydrogen) atoms. The van der Waals surface area contributed by atoms with Gasteiger partial charge >= 0.3 is 6.03 Å². The number of likely N-dealkylation sites (tertiary alicyclic amines) is 1. The number of fused-ring (bicyclic) bond motifs is 2. The SMILES string of the molecule is CC.Cn1nc(N2CCC(=O)NC2=O)c2cc(F)c(N3CCC(O)(CC(=O)N4CCC5(CC4)C[C@@H](n4cnc6ccc(Oc7c(F)ccc(NS(=O)(=O)C8CC8)c7C#N)cc6c4=O)CO5)CC3)cc21. The molecule has 5 aromatic rings. The van der Waals surface area contributed by atoms with Gasteiger partial charge in [0.1, 0.15) is 23.2 Å². The molecule has 364 valence electrons. The number of hydrogen-bond donors (Lipinski definition) is 3. The van der Waals surface area contributed by atoms with Crippen LogP contribution in [0.2, 0.25) is 0 Å². The summed E-state index contributed by atoms with van der Waals surface area (Å²) >= 11 is 0. The van der Waals surface area contributed by atoms with E-state index in [0.29, 0.717) is 80.4 Å². The van der Waals surface area contributed by atoms with Gasteiger partial charge in [-0.2, -0.15) is 10.4 Å². The Morgan fingerprint density at radius 3 is 2.43 bits per heavy atom. The average molecular weight is 971 g/mol. The monoisotopic (exact) mass is 970 g/mol. The van der Waals surface area contributed by atoms with Crippen LogP contribution in [0.5, 0.6) is 11.5 Å². The van der Waals surface area contributed by atoms with Gasteiger partial charge in [0, 0.05) is 51.6 Å². The lowest BCUT2D eigenvalue weighted by Gasteiger charge is -2.42. The van der Waals surface area contributed by atoms with Crippen molar-refractivity contribution in [1.29, 1.82) is 5.26 Å². The van der Waals surface area contributed by atoms with Crippen molar-refractivity contribution in [1.82, 2.24) is 29.5 Å². The number of piperidine rings is 2. The molecule has 10 rings (SSSR count). The van der Waals surface area contributed by atoms with Crippen LogP contribution in [0.3, 0.4) is 0 Å². The molecule has 3 N–H and O–H groups in total. The summed E-state index contributed by atoms with van der Waals surface area (Å²) in [6.07, 6.45) is 4.41. The Kier molecular flexibility index (Phi) is 12.6. The summed E-state index contributed by atoms with van der Waals surface area (Å²) in [5.74, 6) is -2.21. The van der Waals surface area contributed by atoms with Gasteiger partial charge < -0.3 is 24.4 Å². The number of ether oxygens (including phenoxy) is 2. The molecule has 0 bridgehead atoms. The van der Waals surface area contributed by atoms with Crippen LogP contribution < -0.4 is 30.1 Å². The molecule has 4 amide bonds. The molecule has 3 aromatic carbocycles. The average Bonchev–Trinajstić information content (AvgIpc) is 4.06. The van der Waals surface area contributed by atoms with Crippen LogP contribution in [0.4, 0.5) is 30.8 Å². The number of anilines is 3. The number of aliphatic hydroxyl groups is 1. The van der Waals surface area contributed by atoms with Crippen LogP contribution in [-0.4, -0.2) is 111 Å². The number of imide groups is 1. The number of aryl methyl sites for hydroxylation is 1. The van der Waals surface area contributed by atoms with E-state index in [1.165, 1.54) is 46.1 Å². The van der Waals surface area contributed by atoms with Crippen molar-refractivity contribution >= 4 is 66.9 Å². The van der Waals surface area contributed by atoms with Crippen LogP contribution in [0, 0.1) is 23.0 Å². The highest BCUT2D eigenvalue weighted by molar-refractivity contribution is 7.93. The number of halogens is 2. The maximum atomic E-state index is 15.7. The fraction of sp³-hybridized carbons (Fsp3) is 0.468. The number of aromatic nitrogens is 4. The highest BCUT2D eigenvalue weighted by Gasteiger charge is 2.46. The van der Waals surface area contributed by atoms with Crippen LogP contribution in [-0.2, 0) is 31.4 Å². The van der Waals surface area contributed by atoms with E-state index in [2.05, 4.69) is 20.1 Å². The smallest absolute Gasteiger partial charge is 0.329 e. The molecule has 4 saturated heterocycles. The number of carbonyl (C=O) groups excluding carboxylic acids is 3. The van der Waals surface area contributed by atoms with Gasteiger partial charge in [-0.15, -0.1) is 0 Å². The molecule has 2 aromatic heterocycles. The van der Waals surface area contributed by atoms with Crippen LogP contribution in [0.25, 0.3) is 21.8 Å². The molecule has 22 heteroatoms. The quantitative estimate of drug-likeness (QED) is 0.160. The van der Waals surface area contributed by atoms with Gasteiger partial charge in [-0.05, 0) is 87.4 Å². The van der Waals surface area contributed by atoms with Crippen molar-refractivity contribution in [2.45, 2.75) is 94.1 Å². The number of amides is 4. The highest BCUT2D eigenvalue weighted by Crippen LogP contribution is 2.42. The molecular weight excluding hydrogens is 919 g/mol. The third-order valence-corrected chi connectivity index (χ3v) is 15.6. The number of nitrogens with zero attached hydrogens (tertiary/aromatic N) is 8. The van der Waals surface area contributed by atoms with Gasteiger partial charge in [-0.25, -0.2) is 27.0 Å². The Bertz CT molecular complexity index is 3100. The lowest BCUT2D eigenvalue weighted by molar-refractivity contribution is -0.142. The summed E-state index contributed by atoms with van der Waals surface area (Å²) in [5.41, 5.74) is -1.49. The Morgan fingerprint density at radius 1 is 1.00 bits per heavy atom. The second-order valence-electron chi connectivity index (χ2n) is 18.1. The fourth-order valence-electron chi connectivity index (χ4n) is 9.72. The number of benzene rings is 3. The summed E-state index contributed by atoms with van der Waals surface area (Å²) in [6, 6.07) is 10.4. The van der Waals surface area contributed by atoms with Crippen LogP contribution in [0.1, 0.15) is 83.2 Å². The second kappa shape index (κ2) is 18.3. The first-order valence-corrected chi connectivity index (χ1v) is 24.7. The van der Waals surface area contributed by atoms with Gasteiger partial charge in [-0.3, -0.25) is 38.6 Å². The van der Waals surface area contributed by atoms with E-state index in [-0.39, 0.29) is 84.9 Å². The minimum absolute atomic E-state index is 0.0341. The first-order chi connectivity index (χ1) is 33.0. The highest BCUT2D eigenvalue weighted by atomic mass is 32.2. The van der Waals surface area contributed by atoms with Gasteiger partial charge in [0.05, 0.1) is 69.6 Å². The van der Waals surface area contributed by atoms with Gasteiger partial charge in [-0.1, -0.05) is 13.8 Å². The van der Waals surface area contributed by atoms with Crippen LogP contribution in [0.15, 0.2) is 53.6 Å². The summed E-state index contributed by atoms with van der Waals surface area (Å²) in [6.45, 7) is 5.71. The van der Waals surface area contributed by atoms with Gasteiger partial charge in [0.2, 0.25) is 21.8 Å². The molecule has 1 saturated carbocycles. The van der Waals surface area contributed by atoms with Crippen molar-refractivity contribution in [2.75, 3.05) is 53.9 Å². The minimum Gasteiger partial charge on any atom is -0.453 e. The van der Waals surface area contributed by atoms with E-state index in [1.807, 2.05) is 24.8 Å². The zero-order chi connectivity index (χ0) is 49.0. The van der Waals surface area contributed by atoms with E-state index in [0.717, 1.165) is 6.07 Å². The number of nitriles is 1. The van der Waals surface area contributed by atoms with Crippen molar-refractivity contribution in [3.05, 3.63) is 76.3 Å². The normalized spacial score (nSPS) is 20.1. The zero-order valence-electron chi connectivity index (χ0n) is 38.3. The molecule has 4 aliphatic heterocycles. The lowest BCUT2D eigenvalue weighted by atomic mass is 9.85. The Morgan fingerprint density at radius 2 is 1.74 bits per heavy atom. The number of sulfonamides is 1. The zero-order valence-corrected chi connectivity index (χ0v) is 39.2. The van der Waals surface area contributed by atoms with E-state index in [9.17, 15) is 38.0 Å². The summed E-state index contributed by atoms with van der Waals surface area (Å²) in [7, 11) is -2.07. The summed E-state index contributed by atoms with van der Waals surface area (Å²) < 4.78 is 73.6. The maximum absolute atomic E-state index is 15.7. The Hall–Kier alpha value is -6.70. The van der Waals surface area contributed by atoms with Crippen LogP contribution >= 0.6 is 0 Å². The molecule has 6 heterocycles. The standard InChI is InChI=1S/C45H46F2N10O9S.C2H6/c1-53-36-20-37(33(47)19-30(36)41(51-53)56-13-8-38(58)50-43(56)61)54-14-9-44(62,10-15-54)22-39(59)55-16-11-45(12-17-55)21-26(24-65-45)57-25-49-34-6-2-27(18-29(34)42(57)60)66-40-31(23-48)35(7-5-32(40)46)52-67(63,64)28-3-4-28;1-2/h2,5-7,18-20,25-26,28,52,62H,3-4,8-17,21-22,24H2,1H3,(H,50,58,61);1-2H3/t26-;/m1./s1. The molecule has 19 nitrogen and oxygen atoms in total. The Balaban J connectivity index is 0.00000293. The van der Waals surface area contributed by atoms with Gasteiger partial charge in [0.25, 0.3) is 5.56 Å². The van der Waals surface area contributed by atoms with E-state index in [4.69, 9.17) is 9.47 Å². The predicted octanol–water partition coefficient (Wildman–Crippen LogP) is 5.35. The molecule has 0 radical (unpaired) electrons. The van der Waals surface area contributed by atoms with Crippen molar-refractivity contribution in [3.8, 4) is 17.6 Å². The molecule has 1 spiro atoms. The first kappa shape index (κ1) is 47.4. The first-order valence-electron chi connectivity index (χ1n) is 23.1. The topological polar surface area (TPSA) is 234 Å². The summed E-state index contributed by atoms with van der Waals surface area (Å²) in [4.78, 5) is 61.2. The number of nitrogens with one attached hydrogen (secondary N) is 2. The number of urea groups is 1. The molecule has 1 aliphatic carbocycles. The maximum Gasteiger partial charge on any atom is 0.329 e. The van der Waals surface area contributed by atoms with Gasteiger partial charge in [0.15, 0.2) is 17.4 Å². The summed E-state index contributed by atoms with van der Waals surface area (Å²) in [5, 5.41) is 28.2.